The summed E-state index contributed by atoms with van der Waals surface area (Å²) in [5.41, 5.74) is 0. The zero-order valence-corrected chi connectivity index (χ0v) is 13.7. The van der Waals surface area contributed by atoms with E-state index in [9.17, 15) is 0 Å². The smallest absolute Gasteiger partial charge is 0.381 e. The van der Waals surface area contributed by atoms with E-state index in [0.717, 1.165) is 32.5 Å². The van der Waals surface area contributed by atoms with Gasteiger partial charge < -0.3 is 18.0 Å². The van der Waals surface area contributed by atoms with Crippen LogP contribution in [0.25, 0.3) is 0 Å². The summed E-state index contributed by atoms with van der Waals surface area (Å²) in [5, 5.41) is 0. The van der Waals surface area contributed by atoms with Crippen LogP contribution >= 0.6 is 0 Å². The van der Waals surface area contributed by atoms with E-state index < -0.39 is 8.80 Å². The van der Waals surface area contributed by atoms with Crippen molar-refractivity contribution < 1.29 is 18.0 Å². The molecular weight excluding hydrogens is 248 g/mol. The normalized spacial score (nSPS) is 13.8. The highest BCUT2D eigenvalue weighted by Crippen LogP contribution is 2.15. The maximum Gasteiger partial charge on any atom is 0.497 e. The van der Waals surface area contributed by atoms with Gasteiger partial charge in [-0.15, -0.1) is 0 Å². The topological polar surface area (TPSA) is 36.9 Å². The molecule has 0 rings (SSSR count). The van der Waals surface area contributed by atoms with Gasteiger partial charge in [-0.3, -0.25) is 0 Å². The van der Waals surface area contributed by atoms with Crippen molar-refractivity contribution in [1.82, 2.24) is 0 Å². The van der Waals surface area contributed by atoms with Crippen molar-refractivity contribution in [3.8, 4) is 0 Å². The summed E-state index contributed by atoms with van der Waals surface area (Å²) in [6, 6.07) is 0. The van der Waals surface area contributed by atoms with Gasteiger partial charge in [0.1, 0.15) is 0 Å². The first-order valence-electron chi connectivity index (χ1n) is 7.11. The lowest BCUT2D eigenvalue weighted by molar-refractivity contribution is 0.0364. The van der Waals surface area contributed by atoms with Gasteiger partial charge in [-0.1, -0.05) is 6.92 Å². The Labute approximate surface area is 113 Å². The molecular formula is C13H30O4Si. The summed E-state index contributed by atoms with van der Waals surface area (Å²) in [5.74, 6) is 0. The third kappa shape index (κ3) is 9.05. The molecule has 1 atom stereocenters. The standard InChI is InChI=1S/C13H30O4Si/c1-6-11-14-12-9-10-13(4)17-18(5,15-7-2)16-8-3/h13H,6-12H2,1-5H3. The predicted molar refractivity (Wildman–Crippen MR) is 75.8 cm³/mol. The van der Waals surface area contributed by atoms with Crippen LogP contribution in [-0.4, -0.2) is 41.3 Å². The molecule has 0 aliphatic carbocycles. The van der Waals surface area contributed by atoms with Crippen molar-refractivity contribution in [3.63, 3.8) is 0 Å². The van der Waals surface area contributed by atoms with Crippen molar-refractivity contribution >= 4 is 8.80 Å². The van der Waals surface area contributed by atoms with E-state index >= 15 is 0 Å². The molecule has 0 bridgehead atoms. The molecule has 0 saturated carbocycles. The molecule has 1 unspecified atom stereocenters. The van der Waals surface area contributed by atoms with E-state index in [4.69, 9.17) is 18.0 Å². The van der Waals surface area contributed by atoms with Gasteiger partial charge in [0.15, 0.2) is 0 Å². The molecule has 0 radical (unpaired) electrons. The number of rotatable bonds is 12. The van der Waals surface area contributed by atoms with Gasteiger partial charge >= 0.3 is 8.80 Å². The highest BCUT2D eigenvalue weighted by molar-refractivity contribution is 6.59. The van der Waals surface area contributed by atoms with Gasteiger partial charge in [-0.25, -0.2) is 0 Å². The second-order valence-electron chi connectivity index (χ2n) is 4.41. The Morgan fingerprint density at radius 2 is 1.61 bits per heavy atom. The van der Waals surface area contributed by atoms with Gasteiger partial charge in [0, 0.05) is 39.1 Å². The highest BCUT2D eigenvalue weighted by Gasteiger charge is 2.35. The Balaban J connectivity index is 3.83. The average molecular weight is 278 g/mol. The molecule has 0 aromatic heterocycles. The molecule has 0 aromatic rings. The molecule has 110 valence electrons. The Bertz CT molecular complexity index is 184. The molecule has 0 aliphatic heterocycles. The Hall–Kier alpha value is 0.0569. The van der Waals surface area contributed by atoms with Crippen LogP contribution in [0.4, 0.5) is 0 Å². The minimum absolute atomic E-state index is 0.157. The first-order valence-corrected chi connectivity index (χ1v) is 9.33. The third-order valence-corrected chi connectivity index (χ3v) is 4.93. The first kappa shape index (κ1) is 18.1. The van der Waals surface area contributed by atoms with Gasteiger partial charge in [0.25, 0.3) is 0 Å². The predicted octanol–water partition coefficient (Wildman–Crippen LogP) is 3.24. The molecule has 0 fully saturated rings. The molecule has 0 N–H and O–H groups in total. The zero-order valence-electron chi connectivity index (χ0n) is 12.7. The zero-order chi connectivity index (χ0) is 13.9. The van der Waals surface area contributed by atoms with Gasteiger partial charge in [0.05, 0.1) is 0 Å². The third-order valence-electron chi connectivity index (χ3n) is 2.48. The minimum atomic E-state index is -2.43. The second kappa shape index (κ2) is 10.9. The Morgan fingerprint density at radius 1 is 1.00 bits per heavy atom. The first-order chi connectivity index (χ1) is 8.58. The molecule has 5 heteroatoms. The molecule has 4 nitrogen and oxygen atoms in total. The Kier molecular flexibility index (Phi) is 11.0. The second-order valence-corrected chi connectivity index (χ2v) is 6.95. The van der Waals surface area contributed by atoms with Crippen molar-refractivity contribution in [2.45, 2.75) is 59.6 Å². The summed E-state index contributed by atoms with van der Waals surface area (Å²) in [6.07, 6.45) is 3.23. The lowest BCUT2D eigenvalue weighted by Crippen LogP contribution is -2.45. The summed E-state index contributed by atoms with van der Waals surface area (Å²) < 4.78 is 22.7. The van der Waals surface area contributed by atoms with Crippen LogP contribution in [0, 0.1) is 0 Å². The van der Waals surface area contributed by atoms with Crippen LogP contribution in [0.2, 0.25) is 6.55 Å². The SMILES string of the molecule is CCCOCCCC(C)O[Si](C)(OCC)OCC. The summed E-state index contributed by atoms with van der Waals surface area (Å²) >= 11 is 0. The van der Waals surface area contributed by atoms with E-state index in [1.165, 1.54) is 0 Å². The summed E-state index contributed by atoms with van der Waals surface area (Å²) in [6.45, 7) is 13.0. The lowest BCUT2D eigenvalue weighted by Gasteiger charge is -2.28. The lowest BCUT2D eigenvalue weighted by atomic mass is 10.2. The van der Waals surface area contributed by atoms with E-state index in [0.29, 0.717) is 13.2 Å². The highest BCUT2D eigenvalue weighted by atomic mass is 28.4. The maximum absolute atomic E-state index is 5.96. The van der Waals surface area contributed by atoms with Crippen LogP contribution in [0.1, 0.15) is 47.0 Å². The molecule has 0 aliphatic rings. The van der Waals surface area contributed by atoms with Crippen molar-refractivity contribution in [2.24, 2.45) is 0 Å². The van der Waals surface area contributed by atoms with E-state index in [1.54, 1.807) is 0 Å². The fraction of sp³-hybridized carbons (Fsp3) is 1.00. The number of ether oxygens (including phenoxy) is 1. The van der Waals surface area contributed by atoms with Gasteiger partial charge in [0.2, 0.25) is 0 Å². The largest absolute Gasteiger partial charge is 0.497 e. The van der Waals surface area contributed by atoms with Crippen molar-refractivity contribution in [1.29, 1.82) is 0 Å². The van der Waals surface area contributed by atoms with E-state index in [1.807, 2.05) is 20.4 Å². The van der Waals surface area contributed by atoms with Crippen LogP contribution in [0.5, 0.6) is 0 Å². The fourth-order valence-corrected chi connectivity index (χ4v) is 3.89. The average Bonchev–Trinajstić information content (AvgIpc) is 2.29. The van der Waals surface area contributed by atoms with Gasteiger partial charge in [-0.05, 0) is 40.0 Å². The fourth-order valence-electron chi connectivity index (χ4n) is 1.78. The monoisotopic (exact) mass is 278 g/mol. The number of hydrogen-bond donors (Lipinski definition) is 0. The Morgan fingerprint density at radius 3 is 2.11 bits per heavy atom. The van der Waals surface area contributed by atoms with E-state index in [-0.39, 0.29) is 6.10 Å². The summed E-state index contributed by atoms with van der Waals surface area (Å²) in [4.78, 5) is 0. The van der Waals surface area contributed by atoms with Crippen LogP contribution in [0.3, 0.4) is 0 Å². The number of hydrogen-bond acceptors (Lipinski definition) is 4. The van der Waals surface area contributed by atoms with Crippen molar-refractivity contribution in [2.75, 3.05) is 26.4 Å². The van der Waals surface area contributed by atoms with Gasteiger partial charge in [-0.2, -0.15) is 0 Å². The molecule has 0 heterocycles. The molecule has 18 heavy (non-hydrogen) atoms. The van der Waals surface area contributed by atoms with Crippen molar-refractivity contribution in [3.05, 3.63) is 0 Å². The molecule has 0 aromatic carbocycles. The molecule has 0 saturated heterocycles. The van der Waals surface area contributed by atoms with E-state index in [2.05, 4.69) is 13.8 Å². The summed E-state index contributed by atoms with van der Waals surface area (Å²) in [7, 11) is -2.43. The van der Waals surface area contributed by atoms with Crippen LogP contribution in [0.15, 0.2) is 0 Å². The van der Waals surface area contributed by atoms with Crippen LogP contribution < -0.4 is 0 Å². The quantitative estimate of drug-likeness (QED) is 0.406. The molecule has 0 amide bonds. The van der Waals surface area contributed by atoms with Crippen LogP contribution in [-0.2, 0) is 18.0 Å². The minimum Gasteiger partial charge on any atom is -0.381 e. The maximum atomic E-state index is 5.96. The molecule has 0 spiro atoms.